The lowest BCUT2D eigenvalue weighted by Gasteiger charge is -2.16. The van der Waals surface area contributed by atoms with Crippen LogP contribution >= 0.6 is 11.6 Å². The van der Waals surface area contributed by atoms with Gasteiger partial charge in [0.15, 0.2) is 0 Å². The largest absolute Gasteiger partial charge is 0.475 e. The second kappa shape index (κ2) is 3.98. The van der Waals surface area contributed by atoms with Gasteiger partial charge in [0.1, 0.15) is 5.75 Å². The van der Waals surface area contributed by atoms with E-state index in [0.717, 1.165) is 0 Å². The van der Waals surface area contributed by atoms with Crippen LogP contribution in [0.1, 0.15) is 13.3 Å². The summed E-state index contributed by atoms with van der Waals surface area (Å²) in [6, 6.07) is 6.96. The van der Waals surface area contributed by atoms with Crippen LogP contribution < -0.4 is 4.74 Å². The topological polar surface area (TPSA) is 35.5 Å². The molecule has 2 rings (SSSR count). The maximum Gasteiger partial charge on any atom is 0.350 e. The summed E-state index contributed by atoms with van der Waals surface area (Å²) in [4.78, 5) is 11.6. The molecule has 3 nitrogen and oxygen atoms in total. The third-order valence-electron chi connectivity index (χ3n) is 2.89. The highest BCUT2D eigenvalue weighted by Gasteiger charge is 2.61. The molecule has 1 saturated carbocycles. The van der Waals surface area contributed by atoms with Crippen LogP contribution in [0.3, 0.4) is 0 Å². The first kappa shape index (κ1) is 11.3. The average molecular weight is 241 g/mol. The monoisotopic (exact) mass is 240 g/mol. The van der Waals surface area contributed by atoms with E-state index in [1.807, 2.05) is 6.92 Å². The molecule has 1 aliphatic rings. The summed E-state index contributed by atoms with van der Waals surface area (Å²) in [6.07, 6.45) is 0.697. The predicted molar refractivity (Wildman–Crippen MR) is 60.6 cm³/mol. The molecule has 4 heteroatoms. The van der Waals surface area contributed by atoms with Crippen molar-refractivity contribution in [3.8, 4) is 5.75 Å². The van der Waals surface area contributed by atoms with Crippen molar-refractivity contribution in [2.45, 2.75) is 18.9 Å². The maximum atomic E-state index is 11.6. The molecule has 16 heavy (non-hydrogen) atoms. The SMILES string of the molecule is COC(=O)[C@]1(Oc2ccc(Cl)cc2)C[C@H]1C. The zero-order valence-corrected chi connectivity index (χ0v) is 9.95. The van der Waals surface area contributed by atoms with Crippen LogP contribution in [0.4, 0.5) is 0 Å². The highest BCUT2D eigenvalue weighted by Crippen LogP contribution is 2.47. The Morgan fingerprint density at radius 1 is 1.44 bits per heavy atom. The normalized spacial score (nSPS) is 27.3. The number of hydrogen-bond acceptors (Lipinski definition) is 3. The molecule has 1 aromatic carbocycles. The van der Waals surface area contributed by atoms with Gasteiger partial charge < -0.3 is 9.47 Å². The quantitative estimate of drug-likeness (QED) is 0.762. The minimum absolute atomic E-state index is 0.190. The first-order valence-corrected chi connectivity index (χ1v) is 5.49. The van der Waals surface area contributed by atoms with Gasteiger partial charge in [0.25, 0.3) is 0 Å². The van der Waals surface area contributed by atoms with Crippen molar-refractivity contribution in [3.05, 3.63) is 29.3 Å². The zero-order chi connectivity index (χ0) is 11.8. The van der Waals surface area contributed by atoms with Gasteiger partial charge in [0.05, 0.1) is 7.11 Å². The third kappa shape index (κ3) is 1.87. The van der Waals surface area contributed by atoms with Crippen LogP contribution in [0.25, 0.3) is 0 Å². The summed E-state index contributed by atoms with van der Waals surface area (Å²) in [5.41, 5.74) is -0.789. The Hall–Kier alpha value is -1.22. The Balaban J connectivity index is 2.14. The van der Waals surface area contributed by atoms with Gasteiger partial charge in [-0.2, -0.15) is 0 Å². The number of hydrogen-bond donors (Lipinski definition) is 0. The van der Waals surface area contributed by atoms with Gasteiger partial charge in [0, 0.05) is 17.4 Å². The lowest BCUT2D eigenvalue weighted by molar-refractivity contribution is -0.151. The fourth-order valence-electron chi connectivity index (χ4n) is 1.75. The first-order chi connectivity index (χ1) is 7.58. The van der Waals surface area contributed by atoms with Crippen molar-refractivity contribution in [1.82, 2.24) is 0 Å². The Kier molecular flexibility index (Phi) is 2.80. The summed E-state index contributed by atoms with van der Waals surface area (Å²) in [7, 11) is 1.38. The van der Waals surface area contributed by atoms with Crippen LogP contribution in [0.15, 0.2) is 24.3 Å². The Labute approximate surface area is 99.3 Å². The lowest BCUT2D eigenvalue weighted by atomic mass is 10.2. The molecule has 0 unspecified atom stereocenters. The number of rotatable bonds is 3. The smallest absolute Gasteiger partial charge is 0.350 e. The number of carbonyl (C=O) groups is 1. The average Bonchev–Trinajstić information content (AvgIpc) is 2.93. The van der Waals surface area contributed by atoms with E-state index in [0.29, 0.717) is 17.2 Å². The number of halogens is 1. The van der Waals surface area contributed by atoms with E-state index < -0.39 is 5.60 Å². The molecule has 0 N–H and O–H groups in total. The van der Waals surface area contributed by atoms with Crippen molar-refractivity contribution in [1.29, 1.82) is 0 Å². The van der Waals surface area contributed by atoms with Crippen molar-refractivity contribution in [2.24, 2.45) is 5.92 Å². The first-order valence-electron chi connectivity index (χ1n) is 5.11. The fourth-order valence-corrected chi connectivity index (χ4v) is 1.88. The minimum Gasteiger partial charge on any atom is -0.475 e. The van der Waals surface area contributed by atoms with Gasteiger partial charge in [-0.25, -0.2) is 4.79 Å². The van der Waals surface area contributed by atoms with Crippen molar-refractivity contribution < 1.29 is 14.3 Å². The standard InChI is InChI=1S/C12H13ClO3/c1-8-7-12(8,11(14)15-2)16-10-5-3-9(13)4-6-10/h3-6,8H,7H2,1-2H3/t8-,12+/m1/s1. The molecule has 0 heterocycles. The summed E-state index contributed by atoms with van der Waals surface area (Å²) >= 11 is 5.77. The lowest BCUT2D eigenvalue weighted by Crippen LogP contribution is -2.32. The van der Waals surface area contributed by atoms with Gasteiger partial charge in [0.2, 0.25) is 5.60 Å². The maximum absolute atomic E-state index is 11.6. The molecule has 0 spiro atoms. The van der Waals surface area contributed by atoms with Crippen LogP contribution in [0, 0.1) is 5.92 Å². The van der Waals surface area contributed by atoms with E-state index in [4.69, 9.17) is 21.1 Å². The van der Waals surface area contributed by atoms with Crippen LogP contribution in [-0.2, 0) is 9.53 Å². The van der Waals surface area contributed by atoms with Gasteiger partial charge in [-0.3, -0.25) is 0 Å². The highest BCUT2D eigenvalue weighted by molar-refractivity contribution is 6.30. The van der Waals surface area contributed by atoms with Crippen molar-refractivity contribution >= 4 is 17.6 Å². The molecule has 86 valence electrons. The summed E-state index contributed by atoms with van der Waals surface area (Å²) < 4.78 is 10.5. The second-order valence-electron chi connectivity index (χ2n) is 4.04. The van der Waals surface area contributed by atoms with Crippen molar-refractivity contribution in [2.75, 3.05) is 7.11 Å². The highest BCUT2D eigenvalue weighted by atomic mass is 35.5. The number of esters is 1. The molecule has 0 bridgehead atoms. The van der Waals surface area contributed by atoms with Crippen LogP contribution in [0.5, 0.6) is 5.75 Å². The molecule has 2 atom stereocenters. The molecular weight excluding hydrogens is 228 g/mol. The molecule has 0 aromatic heterocycles. The number of ether oxygens (including phenoxy) is 2. The van der Waals surface area contributed by atoms with Crippen LogP contribution in [0.2, 0.25) is 5.02 Å². The summed E-state index contributed by atoms with van der Waals surface area (Å²) in [5.74, 6) is 0.518. The summed E-state index contributed by atoms with van der Waals surface area (Å²) in [6.45, 7) is 1.97. The Morgan fingerprint density at radius 2 is 2.00 bits per heavy atom. The molecular formula is C12H13ClO3. The number of methoxy groups -OCH3 is 1. The van der Waals surface area contributed by atoms with Crippen LogP contribution in [-0.4, -0.2) is 18.7 Å². The van der Waals surface area contributed by atoms with Gasteiger partial charge in [-0.05, 0) is 24.3 Å². The molecule has 1 fully saturated rings. The third-order valence-corrected chi connectivity index (χ3v) is 3.14. The summed E-state index contributed by atoms with van der Waals surface area (Å²) in [5, 5.41) is 0.642. The van der Waals surface area contributed by atoms with E-state index >= 15 is 0 Å². The molecule has 0 radical (unpaired) electrons. The van der Waals surface area contributed by atoms with Gasteiger partial charge >= 0.3 is 5.97 Å². The van der Waals surface area contributed by atoms with E-state index in [-0.39, 0.29) is 11.9 Å². The Bertz CT molecular complexity index is 401. The minimum atomic E-state index is -0.789. The number of carbonyl (C=O) groups excluding carboxylic acids is 1. The van der Waals surface area contributed by atoms with E-state index in [1.165, 1.54) is 7.11 Å². The molecule has 0 aliphatic heterocycles. The predicted octanol–water partition coefficient (Wildman–Crippen LogP) is 2.67. The van der Waals surface area contributed by atoms with E-state index in [9.17, 15) is 4.79 Å². The molecule has 1 aromatic rings. The zero-order valence-electron chi connectivity index (χ0n) is 9.20. The Morgan fingerprint density at radius 3 is 2.44 bits per heavy atom. The van der Waals surface area contributed by atoms with E-state index in [2.05, 4.69) is 0 Å². The second-order valence-corrected chi connectivity index (χ2v) is 4.48. The molecule has 0 saturated heterocycles. The number of benzene rings is 1. The fraction of sp³-hybridized carbons (Fsp3) is 0.417. The molecule has 1 aliphatic carbocycles. The van der Waals surface area contributed by atoms with Crippen molar-refractivity contribution in [3.63, 3.8) is 0 Å². The van der Waals surface area contributed by atoms with Gasteiger partial charge in [-0.1, -0.05) is 18.5 Å². The van der Waals surface area contributed by atoms with E-state index in [1.54, 1.807) is 24.3 Å². The molecule has 0 amide bonds. The van der Waals surface area contributed by atoms with Gasteiger partial charge in [-0.15, -0.1) is 0 Å².